The van der Waals surface area contributed by atoms with E-state index in [9.17, 15) is 13.2 Å². The molecule has 1 N–H and O–H groups in total. The van der Waals surface area contributed by atoms with Crippen LogP contribution in [-0.4, -0.2) is 25.2 Å². The first-order valence-electron chi connectivity index (χ1n) is 5.26. The zero-order valence-electron chi connectivity index (χ0n) is 10.4. The van der Waals surface area contributed by atoms with Crippen LogP contribution in [0, 0.1) is 25.7 Å². The van der Waals surface area contributed by atoms with Crippen molar-refractivity contribution < 1.29 is 18.3 Å². The molecule has 0 fully saturated rings. The summed E-state index contributed by atoms with van der Waals surface area (Å²) >= 11 is 0. The van der Waals surface area contributed by atoms with E-state index in [1.54, 1.807) is 26.8 Å². The van der Waals surface area contributed by atoms with E-state index in [4.69, 9.17) is 5.11 Å². The fourth-order valence-corrected chi connectivity index (χ4v) is 2.98. The zero-order valence-corrected chi connectivity index (χ0v) is 11.3. The Hall–Kier alpha value is -1.80. The second-order valence-electron chi connectivity index (χ2n) is 3.92. The number of hydrogen-bond donors (Lipinski definition) is 1. The van der Waals surface area contributed by atoms with Crippen molar-refractivity contribution in [1.82, 2.24) is 0 Å². The Kier molecular flexibility index (Phi) is 4.15. The lowest BCUT2D eigenvalue weighted by Crippen LogP contribution is -2.10. The summed E-state index contributed by atoms with van der Waals surface area (Å²) in [5.74, 6) is 3.58. The lowest BCUT2D eigenvalue weighted by Gasteiger charge is -2.09. The second-order valence-corrected chi connectivity index (χ2v) is 5.88. The average molecular weight is 266 g/mol. The second kappa shape index (κ2) is 5.23. The first-order valence-corrected chi connectivity index (χ1v) is 6.91. The lowest BCUT2D eigenvalue weighted by molar-refractivity contribution is 0.0696. The van der Waals surface area contributed by atoms with Crippen molar-refractivity contribution >= 4 is 15.8 Å². The maximum Gasteiger partial charge on any atom is 0.335 e. The highest BCUT2D eigenvalue weighted by Crippen LogP contribution is 2.21. The van der Waals surface area contributed by atoms with Gasteiger partial charge in [-0.2, -0.15) is 0 Å². The third-order valence-corrected chi connectivity index (χ3v) is 4.16. The smallest absolute Gasteiger partial charge is 0.335 e. The van der Waals surface area contributed by atoms with Crippen LogP contribution in [0.2, 0.25) is 0 Å². The molecule has 1 rings (SSSR count). The van der Waals surface area contributed by atoms with Crippen molar-refractivity contribution in [1.29, 1.82) is 0 Å². The molecule has 0 aliphatic carbocycles. The summed E-state index contributed by atoms with van der Waals surface area (Å²) in [6.45, 7) is 4.84. The Morgan fingerprint density at radius 2 is 1.89 bits per heavy atom. The van der Waals surface area contributed by atoms with Gasteiger partial charge in [0, 0.05) is 0 Å². The lowest BCUT2D eigenvalue weighted by atomic mass is 10.1. The van der Waals surface area contributed by atoms with Gasteiger partial charge in [-0.15, -0.1) is 5.92 Å². The predicted octanol–water partition coefficient (Wildman–Crippen LogP) is 1.80. The summed E-state index contributed by atoms with van der Waals surface area (Å²) < 4.78 is 24.0. The van der Waals surface area contributed by atoms with Gasteiger partial charge >= 0.3 is 5.97 Å². The van der Waals surface area contributed by atoms with Crippen LogP contribution in [0.5, 0.6) is 0 Å². The van der Waals surface area contributed by atoms with Gasteiger partial charge in [-0.1, -0.05) is 12.0 Å². The van der Waals surface area contributed by atoms with Gasteiger partial charge in [0.2, 0.25) is 0 Å². The Labute approximate surface area is 107 Å². The van der Waals surface area contributed by atoms with Crippen LogP contribution in [0.25, 0.3) is 0 Å². The van der Waals surface area contributed by atoms with Gasteiger partial charge in [-0.05, 0) is 38.0 Å². The van der Waals surface area contributed by atoms with E-state index in [1.807, 2.05) is 0 Å². The summed E-state index contributed by atoms with van der Waals surface area (Å²) in [6.07, 6.45) is 0. The van der Waals surface area contributed by atoms with E-state index in [1.165, 1.54) is 6.07 Å². The van der Waals surface area contributed by atoms with E-state index < -0.39 is 15.8 Å². The Morgan fingerprint density at radius 3 is 2.39 bits per heavy atom. The van der Waals surface area contributed by atoms with Crippen molar-refractivity contribution in [2.45, 2.75) is 25.7 Å². The van der Waals surface area contributed by atoms with Gasteiger partial charge in [0.25, 0.3) is 0 Å². The number of sulfone groups is 1. The molecule has 96 valence electrons. The highest BCUT2D eigenvalue weighted by molar-refractivity contribution is 7.91. The molecule has 0 aliphatic rings. The van der Waals surface area contributed by atoms with Gasteiger partial charge in [-0.25, -0.2) is 13.2 Å². The summed E-state index contributed by atoms with van der Waals surface area (Å²) in [5.41, 5.74) is 1.08. The van der Waals surface area contributed by atoms with Crippen LogP contribution in [0.15, 0.2) is 17.0 Å². The minimum Gasteiger partial charge on any atom is -0.478 e. The number of benzene rings is 1. The molecule has 0 aliphatic heterocycles. The van der Waals surface area contributed by atoms with Gasteiger partial charge in [-0.3, -0.25) is 0 Å². The number of rotatable bonds is 3. The highest BCUT2D eigenvalue weighted by Gasteiger charge is 2.19. The molecule has 18 heavy (non-hydrogen) atoms. The molecule has 5 heteroatoms. The van der Waals surface area contributed by atoms with E-state index in [0.717, 1.165) is 0 Å². The molecule has 0 aromatic heterocycles. The fraction of sp³-hybridized carbons (Fsp3) is 0.308. The summed E-state index contributed by atoms with van der Waals surface area (Å²) in [6, 6.07) is 2.77. The van der Waals surface area contributed by atoms with E-state index in [0.29, 0.717) is 11.1 Å². The van der Waals surface area contributed by atoms with E-state index in [2.05, 4.69) is 11.8 Å². The minimum absolute atomic E-state index is 0.00336. The standard InChI is InChI=1S/C13H14O4S/c1-4-5-6-18(16,17)12-8-11(13(14)15)9(2)7-10(12)3/h7-8H,6H2,1-3H3,(H,14,15). The summed E-state index contributed by atoms with van der Waals surface area (Å²) in [4.78, 5) is 11.0. The van der Waals surface area contributed by atoms with Crippen LogP contribution in [0.1, 0.15) is 28.4 Å². The van der Waals surface area contributed by atoms with Crippen molar-refractivity contribution in [3.05, 3.63) is 28.8 Å². The highest BCUT2D eigenvalue weighted by atomic mass is 32.2. The molecule has 0 amide bonds. The minimum atomic E-state index is -3.56. The predicted molar refractivity (Wildman–Crippen MR) is 68.4 cm³/mol. The van der Waals surface area contributed by atoms with Crippen molar-refractivity contribution in [2.75, 3.05) is 5.75 Å². The Bertz CT molecular complexity index is 646. The van der Waals surface area contributed by atoms with Crippen LogP contribution in [-0.2, 0) is 9.84 Å². The van der Waals surface area contributed by atoms with Gasteiger partial charge in [0.05, 0.1) is 10.5 Å². The zero-order chi connectivity index (χ0) is 13.9. The van der Waals surface area contributed by atoms with Crippen molar-refractivity contribution in [3.63, 3.8) is 0 Å². The van der Waals surface area contributed by atoms with E-state index in [-0.39, 0.29) is 16.2 Å². The number of hydrogen-bond acceptors (Lipinski definition) is 3. The molecule has 0 saturated heterocycles. The van der Waals surface area contributed by atoms with Crippen LogP contribution in [0.3, 0.4) is 0 Å². The third kappa shape index (κ3) is 2.90. The Morgan fingerprint density at radius 1 is 1.28 bits per heavy atom. The first-order chi connectivity index (χ1) is 8.29. The summed E-state index contributed by atoms with van der Waals surface area (Å²) in [7, 11) is -3.56. The molecule has 0 radical (unpaired) electrons. The molecule has 1 aromatic carbocycles. The van der Waals surface area contributed by atoms with Crippen LogP contribution < -0.4 is 0 Å². The van der Waals surface area contributed by atoms with Gasteiger partial charge in [0.1, 0.15) is 5.75 Å². The normalized spacial score (nSPS) is 10.6. The molecular formula is C13H14O4S. The number of carboxylic acid groups (broad SMARTS) is 1. The molecule has 0 unspecified atom stereocenters. The monoisotopic (exact) mass is 266 g/mol. The third-order valence-electron chi connectivity index (χ3n) is 2.53. The molecule has 0 bridgehead atoms. The SMILES string of the molecule is CC#CCS(=O)(=O)c1cc(C(=O)O)c(C)cc1C. The maximum absolute atomic E-state index is 12.0. The molecule has 0 spiro atoms. The topological polar surface area (TPSA) is 71.4 Å². The van der Waals surface area contributed by atoms with Crippen molar-refractivity contribution in [2.24, 2.45) is 0 Å². The van der Waals surface area contributed by atoms with Crippen molar-refractivity contribution in [3.8, 4) is 11.8 Å². The number of carbonyl (C=O) groups is 1. The summed E-state index contributed by atoms with van der Waals surface area (Å²) in [5, 5.41) is 9.00. The van der Waals surface area contributed by atoms with Gasteiger partial charge in [0.15, 0.2) is 9.84 Å². The average Bonchev–Trinajstić information content (AvgIpc) is 2.25. The molecule has 4 nitrogen and oxygen atoms in total. The number of aromatic carboxylic acids is 1. The van der Waals surface area contributed by atoms with Gasteiger partial charge < -0.3 is 5.11 Å². The molecule has 0 atom stereocenters. The fourth-order valence-electron chi connectivity index (χ4n) is 1.64. The first kappa shape index (κ1) is 14.3. The quantitative estimate of drug-likeness (QED) is 0.847. The van der Waals surface area contributed by atoms with Crippen LogP contribution in [0.4, 0.5) is 0 Å². The largest absolute Gasteiger partial charge is 0.478 e. The molecule has 0 saturated carbocycles. The molecular weight excluding hydrogens is 252 g/mol. The number of carboxylic acids is 1. The molecule has 1 aromatic rings. The number of aryl methyl sites for hydroxylation is 2. The molecule has 0 heterocycles. The Balaban J connectivity index is 3.45. The van der Waals surface area contributed by atoms with Crippen LogP contribution >= 0.6 is 0 Å². The van der Waals surface area contributed by atoms with E-state index >= 15 is 0 Å². The maximum atomic E-state index is 12.0.